The van der Waals surface area contributed by atoms with E-state index in [9.17, 15) is 4.79 Å². The van der Waals surface area contributed by atoms with E-state index in [4.69, 9.17) is 4.74 Å². The minimum atomic E-state index is 0.296. The maximum absolute atomic E-state index is 12.6. The monoisotopic (exact) mass is 330 g/mol. The molecule has 2 aliphatic rings. The van der Waals surface area contributed by atoms with Crippen molar-refractivity contribution in [2.24, 2.45) is 5.92 Å². The molecule has 2 aliphatic carbocycles. The Hall–Kier alpha value is -1.55. The Morgan fingerprint density at radius 1 is 1.12 bits per heavy atom. The summed E-state index contributed by atoms with van der Waals surface area (Å²) in [4.78, 5) is 16.9. The molecule has 24 heavy (non-hydrogen) atoms. The molecule has 2 fully saturated rings. The van der Waals surface area contributed by atoms with Crippen LogP contribution in [0.3, 0.4) is 0 Å². The predicted octanol–water partition coefficient (Wildman–Crippen LogP) is 3.31. The summed E-state index contributed by atoms with van der Waals surface area (Å²) in [5.41, 5.74) is 1.20. The molecule has 132 valence electrons. The average Bonchev–Trinajstić information content (AvgIpc) is 3.33. The van der Waals surface area contributed by atoms with Crippen molar-refractivity contribution < 1.29 is 9.53 Å². The molecule has 0 spiro atoms. The number of amides is 1. The van der Waals surface area contributed by atoms with Gasteiger partial charge >= 0.3 is 0 Å². The normalized spacial score (nSPS) is 17.6. The third kappa shape index (κ3) is 4.73. The smallest absolute Gasteiger partial charge is 0.226 e. The van der Waals surface area contributed by atoms with Crippen LogP contribution in [0.2, 0.25) is 0 Å². The van der Waals surface area contributed by atoms with Gasteiger partial charge in [0.2, 0.25) is 5.91 Å². The summed E-state index contributed by atoms with van der Waals surface area (Å²) in [7, 11) is 4.15. The van der Waals surface area contributed by atoms with Crippen molar-refractivity contribution in [3.63, 3.8) is 0 Å². The van der Waals surface area contributed by atoms with Crippen LogP contribution in [-0.2, 0) is 11.3 Å². The molecule has 0 aromatic heterocycles. The van der Waals surface area contributed by atoms with E-state index in [1.165, 1.54) is 24.8 Å². The highest BCUT2D eigenvalue weighted by Crippen LogP contribution is 2.35. The minimum absolute atomic E-state index is 0.296. The molecule has 0 atom stereocenters. The van der Waals surface area contributed by atoms with E-state index in [0.717, 1.165) is 44.7 Å². The van der Waals surface area contributed by atoms with Gasteiger partial charge in [-0.25, -0.2) is 0 Å². The largest absolute Gasteiger partial charge is 0.494 e. The fourth-order valence-corrected chi connectivity index (χ4v) is 3.12. The molecule has 0 bridgehead atoms. The fourth-order valence-electron chi connectivity index (χ4n) is 3.12. The first-order valence-electron chi connectivity index (χ1n) is 9.30. The van der Waals surface area contributed by atoms with Crippen molar-refractivity contribution in [3.8, 4) is 5.75 Å². The lowest BCUT2D eigenvalue weighted by Crippen LogP contribution is -2.39. The zero-order valence-electron chi connectivity index (χ0n) is 15.0. The molecule has 0 heterocycles. The van der Waals surface area contributed by atoms with E-state index in [0.29, 0.717) is 17.9 Å². The molecule has 4 heteroatoms. The van der Waals surface area contributed by atoms with Gasteiger partial charge in [-0.3, -0.25) is 4.79 Å². The molecule has 1 amide bonds. The van der Waals surface area contributed by atoms with Gasteiger partial charge in [0.05, 0.1) is 6.61 Å². The second-order valence-electron chi connectivity index (χ2n) is 7.47. The Balaban J connectivity index is 1.49. The van der Waals surface area contributed by atoms with Gasteiger partial charge in [-0.05, 0) is 63.9 Å². The molecule has 1 aromatic rings. The summed E-state index contributed by atoms with van der Waals surface area (Å²) in [6.45, 7) is 2.53. The Labute approximate surface area is 145 Å². The van der Waals surface area contributed by atoms with E-state index in [-0.39, 0.29) is 0 Å². The Bertz CT molecular complexity index is 533. The van der Waals surface area contributed by atoms with Crippen molar-refractivity contribution in [2.75, 3.05) is 27.2 Å². The highest BCUT2D eigenvalue weighted by atomic mass is 16.5. The summed E-state index contributed by atoms with van der Waals surface area (Å²) in [5.74, 6) is 1.60. The molecule has 2 saturated carbocycles. The molecule has 0 unspecified atom stereocenters. The van der Waals surface area contributed by atoms with E-state index < -0.39 is 0 Å². The van der Waals surface area contributed by atoms with Gasteiger partial charge < -0.3 is 14.5 Å². The van der Waals surface area contributed by atoms with Crippen LogP contribution in [0.1, 0.15) is 44.1 Å². The van der Waals surface area contributed by atoms with Crippen molar-refractivity contribution in [1.82, 2.24) is 9.80 Å². The number of hydrogen-bond donors (Lipinski definition) is 0. The highest BCUT2D eigenvalue weighted by molar-refractivity contribution is 5.80. The zero-order chi connectivity index (χ0) is 16.9. The number of hydrogen-bond acceptors (Lipinski definition) is 3. The molecule has 4 nitrogen and oxygen atoms in total. The number of benzene rings is 1. The Morgan fingerprint density at radius 2 is 1.83 bits per heavy atom. The predicted molar refractivity (Wildman–Crippen MR) is 96.0 cm³/mol. The zero-order valence-corrected chi connectivity index (χ0v) is 15.0. The van der Waals surface area contributed by atoms with Gasteiger partial charge in [0.1, 0.15) is 5.75 Å². The van der Waals surface area contributed by atoms with Crippen molar-refractivity contribution in [2.45, 2.75) is 51.1 Å². The first-order valence-corrected chi connectivity index (χ1v) is 9.30. The molecule has 0 radical (unpaired) electrons. The summed E-state index contributed by atoms with van der Waals surface area (Å²) in [5, 5.41) is 0. The lowest BCUT2D eigenvalue weighted by molar-refractivity contribution is -0.139. The number of carbonyl (C=O) groups excluding carboxylic acids is 1. The van der Waals surface area contributed by atoms with Crippen LogP contribution in [0.15, 0.2) is 24.3 Å². The fraction of sp³-hybridized carbons (Fsp3) is 0.650. The second kappa shape index (κ2) is 8.02. The maximum atomic E-state index is 12.6. The number of rotatable bonds is 9. The molecule has 0 aliphatic heterocycles. The van der Waals surface area contributed by atoms with Crippen molar-refractivity contribution in [3.05, 3.63) is 29.8 Å². The lowest BCUT2D eigenvalue weighted by atomic mass is 9.84. The summed E-state index contributed by atoms with van der Waals surface area (Å²) in [6.07, 6.45) is 6.76. The average molecular weight is 330 g/mol. The second-order valence-corrected chi connectivity index (χ2v) is 7.47. The van der Waals surface area contributed by atoms with Gasteiger partial charge in [-0.2, -0.15) is 0 Å². The molecule has 1 aromatic carbocycles. The van der Waals surface area contributed by atoms with Crippen LogP contribution in [0.4, 0.5) is 0 Å². The van der Waals surface area contributed by atoms with Crippen LogP contribution in [-0.4, -0.2) is 49.0 Å². The molecular weight excluding hydrogens is 300 g/mol. The standard InChI is InChI=1S/C20H30N2O2/c1-21(2)13-4-14-24-19-11-7-16(8-12-19)15-22(18-9-10-18)20(23)17-5-3-6-17/h7-8,11-12,17-18H,3-6,9-10,13-15H2,1-2H3. The highest BCUT2D eigenvalue weighted by Gasteiger charge is 2.37. The van der Waals surface area contributed by atoms with Gasteiger partial charge in [0.25, 0.3) is 0 Å². The third-order valence-corrected chi connectivity index (χ3v) is 5.02. The van der Waals surface area contributed by atoms with Gasteiger partial charge in [-0.1, -0.05) is 18.6 Å². The topological polar surface area (TPSA) is 32.8 Å². The molecular formula is C20H30N2O2. The third-order valence-electron chi connectivity index (χ3n) is 5.02. The van der Waals surface area contributed by atoms with Crippen molar-refractivity contribution >= 4 is 5.91 Å². The summed E-state index contributed by atoms with van der Waals surface area (Å²) >= 11 is 0. The van der Waals surface area contributed by atoms with Gasteiger partial charge in [0, 0.05) is 25.0 Å². The van der Waals surface area contributed by atoms with Crippen molar-refractivity contribution in [1.29, 1.82) is 0 Å². The van der Waals surface area contributed by atoms with E-state index in [1.807, 2.05) is 12.1 Å². The lowest BCUT2D eigenvalue weighted by Gasteiger charge is -2.32. The molecule has 0 N–H and O–H groups in total. The van der Waals surface area contributed by atoms with E-state index in [1.54, 1.807) is 0 Å². The van der Waals surface area contributed by atoms with Crippen LogP contribution in [0.25, 0.3) is 0 Å². The van der Waals surface area contributed by atoms with Crippen LogP contribution in [0.5, 0.6) is 5.75 Å². The quantitative estimate of drug-likeness (QED) is 0.651. The molecule has 0 saturated heterocycles. The number of ether oxygens (including phenoxy) is 1. The van der Waals surface area contributed by atoms with Gasteiger partial charge in [0.15, 0.2) is 0 Å². The van der Waals surface area contributed by atoms with Crippen LogP contribution in [0, 0.1) is 5.92 Å². The Morgan fingerprint density at radius 3 is 2.38 bits per heavy atom. The van der Waals surface area contributed by atoms with E-state index in [2.05, 4.69) is 36.0 Å². The Kier molecular flexibility index (Phi) is 5.77. The summed E-state index contributed by atoms with van der Waals surface area (Å²) < 4.78 is 5.78. The first kappa shape index (κ1) is 17.3. The first-order chi connectivity index (χ1) is 11.6. The maximum Gasteiger partial charge on any atom is 0.226 e. The minimum Gasteiger partial charge on any atom is -0.494 e. The molecule has 3 rings (SSSR count). The number of nitrogens with zero attached hydrogens (tertiary/aromatic N) is 2. The number of carbonyl (C=O) groups is 1. The van der Waals surface area contributed by atoms with Gasteiger partial charge in [-0.15, -0.1) is 0 Å². The van der Waals surface area contributed by atoms with Crippen LogP contribution >= 0.6 is 0 Å². The van der Waals surface area contributed by atoms with E-state index >= 15 is 0 Å². The van der Waals surface area contributed by atoms with Crippen LogP contribution < -0.4 is 4.74 Å². The summed E-state index contributed by atoms with van der Waals surface area (Å²) in [6, 6.07) is 8.75. The SMILES string of the molecule is CN(C)CCCOc1ccc(CN(C(=O)C2CCC2)C2CC2)cc1.